The van der Waals surface area contributed by atoms with Gasteiger partial charge in [-0.1, -0.05) is 31.5 Å². The molecule has 2 rings (SSSR count). The molecule has 1 aliphatic rings. The number of rotatable bonds is 5. The van der Waals surface area contributed by atoms with Gasteiger partial charge in [0.25, 0.3) is 0 Å². The molecule has 0 radical (unpaired) electrons. The molecule has 1 atom stereocenters. The summed E-state index contributed by atoms with van der Waals surface area (Å²) in [6.45, 7) is 2.03. The molecule has 1 amide bonds. The molecule has 0 fully saturated rings. The van der Waals surface area contributed by atoms with Crippen molar-refractivity contribution in [1.29, 1.82) is 0 Å². The minimum Gasteiger partial charge on any atom is -0.304 e. The van der Waals surface area contributed by atoms with Crippen molar-refractivity contribution in [2.45, 2.75) is 32.2 Å². The van der Waals surface area contributed by atoms with E-state index < -0.39 is 15.9 Å². The molecule has 108 valence electrons. The Hall–Kier alpha value is -1.62. The summed E-state index contributed by atoms with van der Waals surface area (Å²) in [6.07, 6.45) is 3.79. The van der Waals surface area contributed by atoms with E-state index in [0.29, 0.717) is 6.42 Å². The Bertz CT molecular complexity index is 593. The van der Waals surface area contributed by atoms with Gasteiger partial charge in [0.05, 0.1) is 11.8 Å². The molecular formula is C15H19NO3S. The number of para-hydroxylation sites is 1. The molecular weight excluding hydrogens is 274 g/mol. The predicted octanol–water partition coefficient (Wildman–Crippen LogP) is 2.52. The lowest BCUT2D eigenvalue weighted by molar-refractivity contribution is -0.118. The molecule has 20 heavy (non-hydrogen) atoms. The fourth-order valence-electron chi connectivity index (χ4n) is 2.28. The van der Waals surface area contributed by atoms with E-state index in [2.05, 4.69) is 0 Å². The van der Waals surface area contributed by atoms with Gasteiger partial charge < -0.3 is 4.90 Å². The number of carbonyl (C=O) groups is 1. The molecule has 0 unspecified atom stereocenters. The lowest BCUT2D eigenvalue weighted by Gasteiger charge is -2.27. The standard InChI is InChI=1S/C15H19NO3S/c1-2-3-9-15(17)16(13-7-5-4-6-8-13)14-10-11-20(18,19)12-14/h4-8,10-11,14H,2-3,9,12H2,1H3/t14-/m0/s1. The molecule has 0 spiro atoms. The van der Waals surface area contributed by atoms with Crippen molar-refractivity contribution in [3.8, 4) is 0 Å². The zero-order valence-corrected chi connectivity index (χ0v) is 12.3. The fourth-order valence-corrected chi connectivity index (χ4v) is 3.55. The van der Waals surface area contributed by atoms with Crippen LogP contribution in [0, 0.1) is 0 Å². The van der Waals surface area contributed by atoms with Crippen LogP contribution in [0.3, 0.4) is 0 Å². The minimum atomic E-state index is -3.18. The Morgan fingerprint density at radius 2 is 2.00 bits per heavy atom. The van der Waals surface area contributed by atoms with Gasteiger partial charge in [-0.05, 0) is 24.6 Å². The number of unbranched alkanes of at least 4 members (excludes halogenated alkanes) is 1. The number of benzene rings is 1. The number of amides is 1. The molecule has 0 saturated carbocycles. The van der Waals surface area contributed by atoms with Crippen LogP contribution in [-0.4, -0.2) is 26.1 Å². The van der Waals surface area contributed by atoms with Crippen LogP contribution in [0.25, 0.3) is 0 Å². The van der Waals surface area contributed by atoms with Crippen LogP contribution < -0.4 is 4.90 Å². The highest BCUT2D eigenvalue weighted by atomic mass is 32.2. The van der Waals surface area contributed by atoms with E-state index in [-0.39, 0.29) is 11.7 Å². The molecule has 1 aromatic rings. The van der Waals surface area contributed by atoms with E-state index in [4.69, 9.17) is 0 Å². The molecule has 4 nitrogen and oxygen atoms in total. The summed E-state index contributed by atoms with van der Waals surface area (Å²) in [6, 6.07) is 8.85. The molecule has 0 aromatic heterocycles. The van der Waals surface area contributed by atoms with Crippen molar-refractivity contribution in [2.24, 2.45) is 0 Å². The summed E-state index contributed by atoms with van der Waals surface area (Å²) in [5.74, 6) is -0.0513. The lowest BCUT2D eigenvalue weighted by atomic mass is 10.1. The van der Waals surface area contributed by atoms with Gasteiger partial charge in [0, 0.05) is 17.5 Å². The van der Waals surface area contributed by atoms with Gasteiger partial charge in [-0.3, -0.25) is 4.79 Å². The molecule has 0 aliphatic carbocycles. The van der Waals surface area contributed by atoms with Crippen molar-refractivity contribution in [3.63, 3.8) is 0 Å². The Kier molecular flexibility index (Phi) is 4.60. The Balaban J connectivity index is 2.26. The Morgan fingerprint density at radius 3 is 2.55 bits per heavy atom. The average molecular weight is 293 g/mol. The number of sulfone groups is 1. The van der Waals surface area contributed by atoms with Crippen LogP contribution in [-0.2, 0) is 14.6 Å². The van der Waals surface area contributed by atoms with Crippen LogP contribution in [0.2, 0.25) is 0 Å². The van der Waals surface area contributed by atoms with E-state index in [1.807, 2.05) is 37.3 Å². The normalized spacial score (nSPS) is 19.9. The van der Waals surface area contributed by atoms with Gasteiger partial charge in [-0.2, -0.15) is 0 Å². The van der Waals surface area contributed by atoms with E-state index >= 15 is 0 Å². The Labute approximate surface area is 120 Å². The average Bonchev–Trinajstić information content (AvgIpc) is 2.78. The van der Waals surface area contributed by atoms with Gasteiger partial charge in [-0.15, -0.1) is 0 Å². The molecule has 0 N–H and O–H groups in total. The number of nitrogens with zero attached hydrogens (tertiary/aromatic N) is 1. The highest BCUT2D eigenvalue weighted by molar-refractivity contribution is 7.94. The summed E-state index contributed by atoms with van der Waals surface area (Å²) in [5, 5.41) is 1.21. The number of hydrogen-bond donors (Lipinski definition) is 0. The zero-order chi connectivity index (χ0) is 14.6. The van der Waals surface area contributed by atoms with Crippen molar-refractivity contribution in [1.82, 2.24) is 0 Å². The Morgan fingerprint density at radius 1 is 1.30 bits per heavy atom. The number of hydrogen-bond acceptors (Lipinski definition) is 3. The van der Waals surface area contributed by atoms with Crippen molar-refractivity contribution < 1.29 is 13.2 Å². The monoisotopic (exact) mass is 293 g/mol. The number of anilines is 1. The second-order valence-electron chi connectivity index (χ2n) is 4.93. The van der Waals surface area contributed by atoms with Crippen LogP contribution >= 0.6 is 0 Å². The molecule has 1 aliphatic heterocycles. The third-order valence-electron chi connectivity index (χ3n) is 3.29. The summed E-state index contributed by atoms with van der Waals surface area (Å²) < 4.78 is 23.2. The van der Waals surface area contributed by atoms with Crippen LogP contribution in [0.5, 0.6) is 0 Å². The first-order valence-electron chi connectivity index (χ1n) is 6.81. The molecule has 1 aromatic carbocycles. The SMILES string of the molecule is CCCCC(=O)N(c1ccccc1)[C@H]1C=CS(=O)(=O)C1. The summed E-state index contributed by atoms with van der Waals surface area (Å²) in [5.41, 5.74) is 0.750. The first-order valence-corrected chi connectivity index (χ1v) is 8.53. The second kappa shape index (κ2) is 6.22. The van der Waals surface area contributed by atoms with E-state index in [0.717, 1.165) is 18.5 Å². The van der Waals surface area contributed by atoms with Gasteiger partial charge in [0.1, 0.15) is 0 Å². The minimum absolute atomic E-state index is 0.0233. The summed E-state index contributed by atoms with van der Waals surface area (Å²) in [4.78, 5) is 14.0. The first-order chi connectivity index (χ1) is 9.53. The highest BCUT2D eigenvalue weighted by Gasteiger charge is 2.30. The van der Waals surface area contributed by atoms with Crippen molar-refractivity contribution in [2.75, 3.05) is 10.7 Å². The maximum atomic E-state index is 12.4. The second-order valence-corrected chi connectivity index (χ2v) is 6.86. The topological polar surface area (TPSA) is 54.5 Å². The van der Waals surface area contributed by atoms with Gasteiger partial charge in [0.15, 0.2) is 9.84 Å². The van der Waals surface area contributed by atoms with E-state index in [1.54, 1.807) is 11.0 Å². The fraction of sp³-hybridized carbons (Fsp3) is 0.400. The quantitative estimate of drug-likeness (QED) is 0.838. The van der Waals surface area contributed by atoms with Gasteiger partial charge in [-0.25, -0.2) is 8.42 Å². The zero-order valence-electron chi connectivity index (χ0n) is 11.5. The van der Waals surface area contributed by atoms with E-state index in [9.17, 15) is 13.2 Å². The molecule has 5 heteroatoms. The van der Waals surface area contributed by atoms with Crippen LogP contribution in [0.15, 0.2) is 41.8 Å². The van der Waals surface area contributed by atoms with E-state index in [1.165, 1.54) is 5.41 Å². The first kappa shape index (κ1) is 14.8. The highest BCUT2D eigenvalue weighted by Crippen LogP contribution is 2.23. The summed E-state index contributed by atoms with van der Waals surface area (Å²) in [7, 11) is -3.18. The van der Waals surface area contributed by atoms with Crippen LogP contribution in [0.4, 0.5) is 5.69 Å². The smallest absolute Gasteiger partial charge is 0.227 e. The molecule has 1 heterocycles. The largest absolute Gasteiger partial charge is 0.304 e. The number of carbonyl (C=O) groups excluding carboxylic acids is 1. The van der Waals surface area contributed by atoms with Gasteiger partial charge in [0.2, 0.25) is 5.91 Å². The maximum absolute atomic E-state index is 12.4. The third kappa shape index (κ3) is 3.48. The third-order valence-corrected chi connectivity index (χ3v) is 4.67. The maximum Gasteiger partial charge on any atom is 0.227 e. The summed E-state index contributed by atoms with van der Waals surface area (Å²) >= 11 is 0. The lowest BCUT2D eigenvalue weighted by Crippen LogP contribution is -2.41. The van der Waals surface area contributed by atoms with Gasteiger partial charge >= 0.3 is 0 Å². The van der Waals surface area contributed by atoms with Crippen molar-refractivity contribution >= 4 is 21.4 Å². The molecule has 0 saturated heterocycles. The predicted molar refractivity (Wildman–Crippen MR) is 80.2 cm³/mol. The van der Waals surface area contributed by atoms with Crippen LogP contribution in [0.1, 0.15) is 26.2 Å². The van der Waals surface area contributed by atoms with Crippen molar-refractivity contribution in [3.05, 3.63) is 41.8 Å². The molecule has 0 bridgehead atoms.